The van der Waals surface area contributed by atoms with Crippen LogP contribution in [0.3, 0.4) is 0 Å². The maximum Gasteiger partial charge on any atom is 0.139 e. The molecule has 1 atom stereocenters. The van der Waals surface area contributed by atoms with Crippen LogP contribution >= 0.6 is 0 Å². The zero-order valence-corrected chi connectivity index (χ0v) is 9.53. The summed E-state index contributed by atoms with van der Waals surface area (Å²) >= 11 is 0. The standard InChI is InChI=1S/C11H17N5/c1-16-11(13)9(7-12)10(15-16)5-4-8-3-2-6-14-8/h8,14H,2-6,13H2,1H3. The van der Waals surface area contributed by atoms with Crippen LogP contribution in [-0.4, -0.2) is 22.4 Å². The molecule has 5 nitrogen and oxygen atoms in total. The van der Waals surface area contributed by atoms with E-state index in [1.165, 1.54) is 12.8 Å². The molecule has 1 aliphatic heterocycles. The molecule has 86 valence electrons. The normalized spacial score (nSPS) is 19.9. The molecule has 2 rings (SSSR count). The molecule has 0 amide bonds. The first-order valence-corrected chi connectivity index (χ1v) is 5.67. The van der Waals surface area contributed by atoms with Gasteiger partial charge in [0.15, 0.2) is 0 Å². The Balaban J connectivity index is 2.03. The largest absolute Gasteiger partial charge is 0.383 e. The third-order valence-electron chi connectivity index (χ3n) is 3.17. The minimum atomic E-state index is 0.469. The summed E-state index contributed by atoms with van der Waals surface area (Å²) in [5, 5.41) is 16.7. The summed E-state index contributed by atoms with van der Waals surface area (Å²) in [5.74, 6) is 0.469. The number of nitrogens with zero attached hydrogens (tertiary/aromatic N) is 3. The average molecular weight is 219 g/mol. The molecule has 1 unspecified atom stereocenters. The Morgan fingerprint density at radius 1 is 1.69 bits per heavy atom. The van der Waals surface area contributed by atoms with Gasteiger partial charge in [0.05, 0.1) is 5.69 Å². The van der Waals surface area contributed by atoms with E-state index in [0.717, 1.165) is 25.1 Å². The smallest absolute Gasteiger partial charge is 0.139 e. The molecular formula is C11H17N5. The van der Waals surface area contributed by atoms with E-state index in [9.17, 15) is 0 Å². The molecule has 0 spiro atoms. The van der Waals surface area contributed by atoms with E-state index in [4.69, 9.17) is 11.0 Å². The second-order valence-electron chi connectivity index (χ2n) is 4.27. The monoisotopic (exact) mass is 219 g/mol. The van der Waals surface area contributed by atoms with Crippen molar-refractivity contribution in [3.63, 3.8) is 0 Å². The fraction of sp³-hybridized carbons (Fsp3) is 0.636. The van der Waals surface area contributed by atoms with Crippen LogP contribution in [0.1, 0.15) is 30.5 Å². The molecule has 1 aromatic rings. The maximum atomic E-state index is 9.01. The highest BCUT2D eigenvalue weighted by molar-refractivity contribution is 5.51. The number of nitrogens with two attached hydrogens (primary N) is 1. The van der Waals surface area contributed by atoms with Crippen molar-refractivity contribution in [1.29, 1.82) is 5.26 Å². The minimum Gasteiger partial charge on any atom is -0.383 e. The average Bonchev–Trinajstić information content (AvgIpc) is 2.86. The Morgan fingerprint density at radius 3 is 3.12 bits per heavy atom. The molecule has 0 bridgehead atoms. The van der Waals surface area contributed by atoms with Crippen LogP contribution in [0.5, 0.6) is 0 Å². The predicted molar refractivity (Wildman–Crippen MR) is 61.7 cm³/mol. The van der Waals surface area contributed by atoms with E-state index in [0.29, 0.717) is 17.4 Å². The lowest BCUT2D eigenvalue weighted by Gasteiger charge is -2.07. The Bertz CT molecular complexity index is 409. The van der Waals surface area contributed by atoms with Gasteiger partial charge in [-0.2, -0.15) is 10.4 Å². The molecule has 0 aliphatic carbocycles. The van der Waals surface area contributed by atoms with Crippen molar-refractivity contribution in [2.75, 3.05) is 12.3 Å². The number of hydrogen-bond acceptors (Lipinski definition) is 4. The van der Waals surface area contributed by atoms with E-state index >= 15 is 0 Å². The number of anilines is 1. The van der Waals surface area contributed by atoms with E-state index < -0.39 is 0 Å². The Hall–Kier alpha value is -1.54. The fourth-order valence-electron chi connectivity index (χ4n) is 2.21. The zero-order chi connectivity index (χ0) is 11.5. The zero-order valence-electron chi connectivity index (χ0n) is 9.53. The van der Waals surface area contributed by atoms with Crippen LogP contribution in [0.15, 0.2) is 0 Å². The first-order chi connectivity index (χ1) is 7.72. The van der Waals surface area contributed by atoms with Crippen LogP contribution in [0.4, 0.5) is 5.82 Å². The molecule has 0 saturated carbocycles. The maximum absolute atomic E-state index is 9.01. The molecule has 16 heavy (non-hydrogen) atoms. The van der Waals surface area contributed by atoms with Gasteiger partial charge in [-0.15, -0.1) is 0 Å². The van der Waals surface area contributed by atoms with E-state index in [1.807, 2.05) is 0 Å². The van der Waals surface area contributed by atoms with Gasteiger partial charge in [0.25, 0.3) is 0 Å². The quantitative estimate of drug-likeness (QED) is 0.778. The lowest BCUT2D eigenvalue weighted by molar-refractivity contribution is 0.552. The molecule has 1 aliphatic rings. The summed E-state index contributed by atoms with van der Waals surface area (Å²) in [7, 11) is 1.77. The summed E-state index contributed by atoms with van der Waals surface area (Å²) in [6.45, 7) is 1.11. The highest BCUT2D eigenvalue weighted by atomic mass is 15.3. The number of aryl methyl sites for hydroxylation is 2. The molecule has 1 saturated heterocycles. The lowest BCUT2D eigenvalue weighted by Crippen LogP contribution is -2.21. The van der Waals surface area contributed by atoms with Crippen molar-refractivity contribution in [2.45, 2.75) is 31.7 Å². The van der Waals surface area contributed by atoms with Crippen molar-refractivity contribution in [2.24, 2.45) is 7.05 Å². The summed E-state index contributed by atoms with van der Waals surface area (Å²) in [6, 6.07) is 2.71. The number of nitrogen functional groups attached to an aromatic ring is 1. The molecular weight excluding hydrogens is 202 g/mol. The molecule has 3 N–H and O–H groups in total. The van der Waals surface area contributed by atoms with Gasteiger partial charge in [0.2, 0.25) is 0 Å². The first kappa shape index (κ1) is 11.0. The fourth-order valence-corrected chi connectivity index (χ4v) is 2.21. The van der Waals surface area contributed by atoms with E-state index in [2.05, 4.69) is 16.5 Å². The van der Waals surface area contributed by atoms with Crippen LogP contribution in [0, 0.1) is 11.3 Å². The number of nitriles is 1. The molecule has 1 aromatic heterocycles. The van der Waals surface area contributed by atoms with Crippen molar-refractivity contribution in [1.82, 2.24) is 15.1 Å². The van der Waals surface area contributed by atoms with Crippen LogP contribution in [0.2, 0.25) is 0 Å². The number of nitrogens with one attached hydrogen (secondary N) is 1. The Labute approximate surface area is 95.2 Å². The van der Waals surface area contributed by atoms with Gasteiger partial charge in [-0.1, -0.05) is 0 Å². The second kappa shape index (κ2) is 4.54. The van der Waals surface area contributed by atoms with Crippen molar-refractivity contribution in [3.05, 3.63) is 11.3 Å². The predicted octanol–water partition coefficient (Wildman–Crippen LogP) is 0.559. The molecule has 0 radical (unpaired) electrons. The summed E-state index contributed by atoms with van der Waals surface area (Å²) < 4.78 is 1.58. The van der Waals surface area contributed by atoms with Crippen LogP contribution < -0.4 is 11.1 Å². The summed E-state index contributed by atoms with van der Waals surface area (Å²) in [6.07, 6.45) is 4.33. The first-order valence-electron chi connectivity index (χ1n) is 5.67. The van der Waals surface area contributed by atoms with Crippen LogP contribution in [0.25, 0.3) is 0 Å². The highest BCUT2D eigenvalue weighted by Gasteiger charge is 2.17. The van der Waals surface area contributed by atoms with Gasteiger partial charge < -0.3 is 11.1 Å². The third kappa shape index (κ3) is 2.02. The van der Waals surface area contributed by atoms with Gasteiger partial charge in [-0.05, 0) is 32.2 Å². The van der Waals surface area contributed by atoms with E-state index in [-0.39, 0.29) is 0 Å². The highest BCUT2D eigenvalue weighted by Crippen LogP contribution is 2.18. The number of rotatable bonds is 3. The third-order valence-corrected chi connectivity index (χ3v) is 3.17. The molecule has 2 heterocycles. The van der Waals surface area contributed by atoms with Gasteiger partial charge in [0, 0.05) is 13.1 Å². The van der Waals surface area contributed by atoms with E-state index in [1.54, 1.807) is 11.7 Å². The second-order valence-corrected chi connectivity index (χ2v) is 4.27. The van der Waals surface area contributed by atoms with Gasteiger partial charge in [-0.25, -0.2) is 0 Å². The SMILES string of the molecule is Cn1nc(CCC2CCCN2)c(C#N)c1N. The van der Waals surface area contributed by atoms with Gasteiger partial charge >= 0.3 is 0 Å². The molecule has 1 fully saturated rings. The van der Waals surface area contributed by atoms with Gasteiger partial charge in [0.1, 0.15) is 17.5 Å². The minimum absolute atomic E-state index is 0.469. The number of aromatic nitrogens is 2. The summed E-state index contributed by atoms with van der Waals surface area (Å²) in [4.78, 5) is 0. The lowest BCUT2D eigenvalue weighted by atomic mass is 10.1. The van der Waals surface area contributed by atoms with Crippen molar-refractivity contribution in [3.8, 4) is 6.07 Å². The number of hydrogen-bond donors (Lipinski definition) is 2. The van der Waals surface area contributed by atoms with Crippen molar-refractivity contribution < 1.29 is 0 Å². The topological polar surface area (TPSA) is 79.7 Å². The Kier molecular flexibility index (Phi) is 3.11. The molecule has 5 heteroatoms. The van der Waals surface area contributed by atoms with Crippen molar-refractivity contribution >= 4 is 5.82 Å². The molecule has 0 aromatic carbocycles. The van der Waals surface area contributed by atoms with Crippen LogP contribution in [-0.2, 0) is 13.5 Å². The van der Waals surface area contributed by atoms with Gasteiger partial charge in [-0.3, -0.25) is 4.68 Å². The Morgan fingerprint density at radius 2 is 2.50 bits per heavy atom. The summed E-state index contributed by atoms with van der Waals surface area (Å²) in [5.41, 5.74) is 7.13.